The molecular formula is C13H14ClN3O3. The van der Waals surface area contributed by atoms with Crippen molar-refractivity contribution in [1.29, 1.82) is 0 Å². The lowest BCUT2D eigenvalue weighted by Crippen LogP contribution is -2.35. The number of anilines is 2. The quantitative estimate of drug-likeness (QED) is 0.770. The second-order valence-corrected chi connectivity index (χ2v) is 5.21. The zero-order valence-corrected chi connectivity index (χ0v) is 11.4. The molecule has 6 nitrogen and oxygen atoms in total. The smallest absolute Gasteiger partial charge is 0.262 e. The molecule has 1 unspecified atom stereocenters. The molecule has 1 saturated heterocycles. The number of benzene rings is 1. The monoisotopic (exact) mass is 295 g/mol. The van der Waals surface area contributed by atoms with E-state index in [4.69, 9.17) is 16.3 Å². The van der Waals surface area contributed by atoms with Crippen LogP contribution in [0, 0.1) is 0 Å². The summed E-state index contributed by atoms with van der Waals surface area (Å²) >= 11 is 6.12. The van der Waals surface area contributed by atoms with Gasteiger partial charge in [0.05, 0.1) is 22.4 Å². The Kier molecular flexibility index (Phi) is 3.50. The minimum atomic E-state index is -0.222. The summed E-state index contributed by atoms with van der Waals surface area (Å²) < 4.78 is 5.30. The van der Waals surface area contributed by atoms with Crippen LogP contribution in [-0.4, -0.2) is 31.0 Å². The molecule has 0 aromatic heterocycles. The molecule has 1 fully saturated rings. The molecule has 0 radical (unpaired) electrons. The number of rotatable bonds is 2. The molecule has 3 N–H and O–H groups in total. The maximum atomic E-state index is 12.0. The largest absolute Gasteiger partial charge is 0.482 e. The minimum Gasteiger partial charge on any atom is -0.482 e. The third-order valence-electron chi connectivity index (χ3n) is 3.34. The van der Waals surface area contributed by atoms with E-state index < -0.39 is 0 Å². The van der Waals surface area contributed by atoms with E-state index in [2.05, 4.69) is 16.0 Å². The van der Waals surface area contributed by atoms with Crippen molar-refractivity contribution in [3.63, 3.8) is 0 Å². The molecule has 0 saturated carbocycles. The van der Waals surface area contributed by atoms with Crippen molar-refractivity contribution in [2.45, 2.75) is 18.9 Å². The summed E-state index contributed by atoms with van der Waals surface area (Å²) in [7, 11) is 0. The summed E-state index contributed by atoms with van der Waals surface area (Å²) in [4.78, 5) is 23.3. The molecule has 1 atom stereocenters. The SMILES string of the molecule is O=C1COc2cc(NC(=O)C3CCCN3)c(Cl)cc2N1. The topological polar surface area (TPSA) is 79.5 Å². The maximum Gasteiger partial charge on any atom is 0.262 e. The number of fused-ring (bicyclic) bond motifs is 1. The van der Waals surface area contributed by atoms with Crippen molar-refractivity contribution < 1.29 is 14.3 Å². The molecule has 2 aliphatic heterocycles. The van der Waals surface area contributed by atoms with Crippen molar-refractivity contribution in [1.82, 2.24) is 5.32 Å². The predicted octanol–water partition coefficient (Wildman–Crippen LogP) is 1.36. The van der Waals surface area contributed by atoms with Crippen LogP contribution < -0.4 is 20.7 Å². The molecule has 2 amide bonds. The standard InChI is InChI=1S/C13H14ClN3O3/c14-7-4-10-11(20-6-12(18)16-10)5-9(7)17-13(19)8-2-1-3-15-8/h4-5,8,15H,1-3,6H2,(H,16,18)(H,17,19). The second kappa shape index (κ2) is 5.30. The predicted molar refractivity (Wildman–Crippen MR) is 75.2 cm³/mol. The van der Waals surface area contributed by atoms with Gasteiger partial charge in [-0.05, 0) is 25.5 Å². The van der Waals surface area contributed by atoms with E-state index in [1.165, 1.54) is 0 Å². The van der Waals surface area contributed by atoms with Crippen LogP contribution in [0.25, 0.3) is 0 Å². The number of nitrogens with one attached hydrogen (secondary N) is 3. The van der Waals surface area contributed by atoms with Crippen LogP contribution in [-0.2, 0) is 9.59 Å². The first kappa shape index (κ1) is 13.2. The van der Waals surface area contributed by atoms with E-state index >= 15 is 0 Å². The molecule has 2 aliphatic rings. The molecule has 3 rings (SSSR count). The molecule has 7 heteroatoms. The van der Waals surface area contributed by atoms with E-state index in [0.717, 1.165) is 19.4 Å². The van der Waals surface area contributed by atoms with Gasteiger partial charge >= 0.3 is 0 Å². The Morgan fingerprint density at radius 2 is 2.30 bits per heavy atom. The second-order valence-electron chi connectivity index (χ2n) is 4.80. The normalized spacial score (nSPS) is 20.9. The van der Waals surface area contributed by atoms with Gasteiger partial charge in [-0.15, -0.1) is 0 Å². The fourth-order valence-corrected chi connectivity index (χ4v) is 2.53. The Balaban J connectivity index is 1.79. The highest BCUT2D eigenvalue weighted by Gasteiger charge is 2.24. The number of hydrogen-bond donors (Lipinski definition) is 3. The highest BCUT2D eigenvalue weighted by atomic mass is 35.5. The molecule has 1 aromatic rings. The van der Waals surface area contributed by atoms with E-state index in [1.807, 2.05) is 0 Å². The zero-order chi connectivity index (χ0) is 14.1. The van der Waals surface area contributed by atoms with Gasteiger partial charge in [0.25, 0.3) is 5.91 Å². The van der Waals surface area contributed by atoms with E-state index in [9.17, 15) is 9.59 Å². The number of carbonyl (C=O) groups excluding carboxylic acids is 2. The van der Waals surface area contributed by atoms with Gasteiger partial charge in [0.15, 0.2) is 6.61 Å². The first-order valence-corrected chi connectivity index (χ1v) is 6.82. The minimum absolute atomic E-state index is 0.0355. The average molecular weight is 296 g/mol. The summed E-state index contributed by atoms with van der Waals surface area (Å²) in [5, 5.41) is 8.93. The summed E-state index contributed by atoms with van der Waals surface area (Å²) in [6.45, 7) is 0.817. The van der Waals surface area contributed by atoms with Crippen LogP contribution in [0.15, 0.2) is 12.1 Å². The zero-order valence-electron chi connectivity index (χ0n) is 10.7. The molecule has 2 heterocycles. The Morgan fingerprint density at radius 3 is 3.05 bits per heavy atom. The fourth-order valence-electron chi connectivity index (χ4n) is 2.32. The van der Waals surface area contributed by atoms with Gasteiger partial charge in [0.1, 0.15) is 5.75 Å². The van der Waals surface area contributed by atoms with Crippen LogP contribution in [0.3, 0.4) is 0 Å². The van der Waals surface area contributed by atoms with Gasteiger partial charge in [-0.2, -0.15) is 0 Å². The van der Waals surface area contributed by atoms with E-state index in [0.29, 0.717) is 22.1 Å². The van der Waals surface area contributed by atoms with Gasteiger partial charge in [-0.25, -0.2) is 0 Å². The molecule has 0 aliphatic carbocycles. The Morgan fingerprint density at radius 1 is 1.45 bits per heavy atom. The number of halogens is 1. The lowest BCUT2D eigenvalue weighted by atomic mass is 10.2. The van der Waals surface area contributed by atoms with E-state index in [1.54, 1.807) is 12.1 Å². The summed E-state index contributed by atoms with van der Waals surface area (Å²) in [5.41, 5.74) is 1.00. The number of carbonyl (C=O) groups is 2. The van der Waals surface area contributed by atoms with Gasteiger partial charge in [0, 0.05) is 6.07 Å². The van der Waals surface area contributed by atoms with Crippen molar-refractivity contribution in [3.05, 3.63) is 17.2 Å². The molecule has 1 aromatic carbocycles. The van der Waals surface area contributed by atoms with Crippen LogP contribution in [0.5, 0.6) is 5.75 Å². The van der Waals surface area contributed by atoms with Gasteiger partial charge in [0.2, 0.25) is 5.91 Å². The van der Waals surface area contributed by atoms with Crippen LogP contribution >= 0.6 is 11.6 Å². The summed E-state index contributed by atoms with van der Waals surface area (Å²) in [6.07, 6.45) is 1.81. The summed E-state index contributed by atoms with van der Waals surface area (Å²) in [6, 6.07) is 3.03. The van der Waals surface area contributed by atoms with Gasteiger partial charge in [-0.1, -0.05) is 11.6 Å². The first-order valence-electron chi connectivity index (χ1n) is 6.44. The molecule has 0 bridgehead atoms. The highest BCUT2D eigenvalue weighted by Crippen LogP contribution is 2.36. The van der Waals surface area contributed by atoms with Gasteiger partial charge in [-0.3, -0.25) is 9.59 Å². The molecular weight excluding hydrogens is 282 g/mol. The number of ether oxygens (including phenoxy) is 1. The van der Waals surface area contributed by atoms with Gasteiger partial charge < -0.3 is 20.7 Å². The maximum absolute atomic E-state index is 12.0. The Bertz CT molecular complexity index is 570. The fraction of sp³-hybridized carbons (Fsp3) is 0.385. The Labute approximate surface area is 120 Å². The van der Waals surface area contributed by atoms with Crippen molar-refractivity contribution in [3.8, 4) is 5.75 Å². The lowest BCUT2D eigenvalue weighted by Gasteiger charge is -2.20. The lowest BCUT2D eigenvalue weighted by molar-refractivity contribution is -0.119. The van der Waals surface area contributed by atoms with Crippen molar-refractivity contribution >= 4 is 34.8 Å². The third kappa shape index (κ3) is 2.57. The molecule has 106 valence electrons. The van der Waals surface area contributed by atoms with Crippen LogP contribution in [0.1, 0.15) is 12.8 Å². The van der Waals surface area contributed by atoms with Crippen LogP contribution in [0.4, 0.5) is 11.4 Å². The number of amides is 2. The van der Waals surface area contributed by atoms with E-state index in [-0.39, 0.29) is 24.5 Å². The number of hydrogen-bond acceptors (Lipinski definition) is 4. The molecule has 20 heavy (non-hydrogen) atoms. The molecule has 0 spiro atoms. The average Bonchev–Trinajstić information content (AvgIpc) is 2.94. The first-order chi connectivity index (χ1) is 9.63. The van der Waals surface area contributed by atoms with Crippen molar-refractivity contribution in [2.75, 3.05) is 23.8 Å². The van der Waals surface area contributed by atoms with Crippen LogP contribution in [0.2, 0.25) is 5.02 Å². The third-order valence-corrected chi connectivity index (χ3v) is 3.65. The highest BCUT2D eigenvalue weighted by molar-refractivity contribution is 6.34. The Hall–Kier alpha value is -1.79. The van der Waals surface area contributed by atoms with Crippen molar-refractivity contribution in [2.24, 2.45) is 0 Å². The summed E-state index contributed by atoms with van der Waals surface area (Å²) in [5.74, 6) is 0.174.